The third-order valence-corrected chi connectivity index (χ3v) is 3.18. The fraction of sp³-hybridized carbons (Fsp3) is 1.00. The SMILES string of the molecule is CC(CC1CCN(C)CC1)NCC(F)(F)F. The molecule has 96 valence electrons. The fourth-order valence-corrected chi connectivity index (χ4v) is 2.17. The van der Waals surface area contributed by atoms with Gasteiger partial charge < -0.3 is 10.2 Å². The second kappa shape index (κ2) is 5.87. The van der Waals surface area contributed by atoms with Crippen LogP contribution in [0.2, 0.25) is 0 Å². The largest absolute Gasteiger partial charge is 0.401 e. The number of halogens is 3. The van der Waals surface area contributed by atoms with Crippen molar-refractivity contribution in [3.05, 3.63) is 0 Å². The lowest BCUT2D eigenvalue weighted by molar-refractivity contribution is -0.126. The minimum absolute atomic E-state index is 0.0463. The van der Waals surface area contributed by atoms with Gasteiger partial charge in [0.25, 0.3) is 0 Å². The van der Waals surface area contributed by atoms with E-state index in [2.05, 4.69) is 17.3 Å². The standard InChI is InChI=1S/C11H21F3N2/c1-9(15-8-11(12,13)14)7-10-3-5-16(2)6-4-10/h9-10,15H,3-8H2,1-2H3. The van der Waals surface area contributed by atoms with Crippen molar-refractivity contribution in [1.29, 1.82) is 0 Å². The second-order valence-electron chi connectivity index (χ2n) is 4.88. The summed E-state index contributed by atoms with van der Waals surface area (Å²) in [4.78, 5) is 2.27. The van der Waals surface area contributed by atoms with Crippen LogP contribution in [-0.4, -0.2) is 43.8 Å². The van der Waals surface area contributed by atoms with Gasteiger partial charge >= 0.3 is 6.18 Å². The van der Waals surface area contributed by atoms with E-state index in [0.29, 0.717) is 5.92 Å². The molecule has 1 atom stereocenters. The summed E-state index contributed by atoms with van der Waals surface area (Å²) in [6.45, 7) is 3.10. The molecule has 0 aromatic rings. The Kier molecular flexibility index (Phi) is 5.05. The molecule has 0 spiro atoms. The van der Waals surface area contributed by atoms with Gasteiger partial charge in [-0.25, -0.2) is 0 Å². The summed E-state index contributed by atoms with van der Waals surface area (Å²) >= 11 is 0. The third-order valence-electron chi connectivity index (χ3n) is 3.18. The van der Waals surface area contributed by atoms with E-state index < -0.39 is 12.7 Å². The average Bonchev–Trinajstić information content (AvgIpc) is 2.18. The van der Waals surface area contributed by atoms with Crippen molar-refractivity contribution in [3.8, 4) is 0 Å². The van der Waals surface area contributed by atoms with Crippen LogP contribution in [0.4, 0.5) is 13.2 Å². The van der Waals surface area contributed by atoms with E-state index in [9.17, 15) is 13.2 Å². The van der Waals surface area contributed by atoms with E-state index in [1.54, 1.807) is 0 Å². The highest BCUT2D eigenvalue weighted by atomic mass is 19.4. The molecule has 0 aromatic carbocycles. The van der Waals surface area contributed by atoms with Crippen molar-refractivity contribution in [1.82, 2.24) is 10.2 Å². The number of likely N-dealkylation sites (tertiary alicyclic amines) is 1. The Balaban J connectivity index is 2.16. The van der Waals surface area contributed by atoms with Crippen LogP contribution < -0.4 is 5.32 Å². The molecule has 1 unspecified atom stereocenters. The number of alkyl halides is 3. The first-order valence-corrected chi connectivity index (χ1v) is 5.85. The Morgan fingerprint density at radius 3 is 2.38 bits per heavy atom. The van der Waals surface area contributed by atoms with Crippen LogP contribution in [0, 0.1) is 5.92 Å². The molecule has 16 heavy (non-hydrogen) atoms. The van der Waals surface area contributed by atoms with Gasteiger partial charge in [-0.3, -0.25) is 0 Å². The summed E-state index contributed by atoms with van der Waals surface area (Å²) in [6.07, 6.45) is -1.03. The van der Waals surface area contributed by atoms with E-state index >= 15 is 0 Å². The third kappa shape index (κ3) is 5.70. The van der Waals surface area contributed by atoms with Gasteiger partial charge in [-0.1, -0.05) is 0 Å². The van der Waals surface area contributed by atoms with Crippen LogP contribution in [0.5, 0.6) is 0 Å². The van der Waals surface area contributed by atoms with Gasteiger partial charge in [0, 0.05) is 6.04 Å². The Labute approximate surface area is 95.2 Å². The number of piperidine rings is 1. The Hall–Kier alpha value is -0.290. The molecule has 1 rings (SSSR count). The van der Waals surface area contributed by atoms with Crippen LogP contribution in [0.3, 0.4) is 0 Å². The molecule has 0 saturated carbocycles. The van der Waals surface area contributed by atoms with Gasteiger partial charge in [-0.2, -0.15) is 13.2 Å². The highest BCUT2D eigenvalue weighted by Crippen LogP contribution is 2.21. The maximum Gasteiger partial charge on any atom is 0.401 e. The van der Waals surface area contributed by atoms with Crippen molar-refractivity contribution in [2.45, 2.75) is 38.4 Å². The number of rotatable bonds is 4. The minimum Gasteiger partial charge on any atom is -0.306 e. The Bertz CT molecular complexity index is 198. The summed E-state index contributed by atoms with van der Waals surface area (Å²) in [5.74, 6) is 0.576. The normalized spacial score (nSPS) is 22.3. The molecule has 0 amide bonds. The molecule has 1 aliphatic rings. The monoisotopic (exact) mass is 238 g/mol. The molecule has 1 saturated heterocycles. The molecule has 1 aliphatic heterocycles. The number of hydrogen-bond acceptors (Lipinski definition) is 2. The van der Waals surface area contributed by atoms with Crippen molar-refractivity contribution in [3.63, 3.8) is 0 Å². The van der Waals surface area contributed by atoms with E-state index in [0.717, 1.165) is 32.4 Å². The van der Waals surface area contributed by atoms with Gasteiger partial charge in [0.05, 0.1) is 6.54 Å². The first-order chi connectivity index (χ1) is 7.37. The van der Waals surface area contributed by atoms with E-state index in [4.69, 9.17) is 0 Å². The van der Waals surface area contributed by atoms with Crippen molar-refractivity contribution in [2.75, 3.05) is 26.7 Å². The second-order valence-corrected chi connectivity index (χ2v) is 4.88. The summed E-state index contributed by atoms with van der Waals surface area (Å²) < 4.78 is 35.9. The zero-order valence-corrected chi connectivity index (χ0v) is 9.98. The maximum atomic E-state index is 12.0. The summed E-state index contributed by atoms with van der Waals surface area (Å²) in [5.41, 5.74) is 0. The van der Waals surface area contributed by atoms with Crippen LogP contribution >= 0.6 is 0 Å². The molecule has 2 nitrogen and oxygen atoms in total. The van der Waals surface area contributed by atoms with E-state index in [1.165, 1.54) is 0 Å². The smallest absolute Gasteiger partial charge is 0.306 e. The predicted molar refractivity (Wildman–Crippen MR) is 58.4 cm³/mol. The van der Waals surface area contributed by atoms with Gasteiger partial charge in [0.1, 0.15) is 0 Å². The van der Waals surface area contributed by atoms with Gasteiger partial charge in [0.15, 0.2) is 0 Å². The number of nitrogens with one attached hydrogen (secondary N) is 1. The molecule has 0 aliphatic carbocycles. The Morgan fingerprint density at radius 2 is 1.88 bits per heavy atom. The van der Waals surface area contributed by atoms with Gasteiger partial charge in [-0.15, -0.1) is 0 Å². The van der Waals surface area contributed by atoms with E-state index in [-0.39, 0.29) is 6.04 Å². The summed E-state index contributed by atoms with van der Waals surface area (Å²) in [7, 11) is 2.08. The molecule has 1 fully saturated rings. The lowest BCUT2D eigenvalue weighted by Gasteiger charge is -2.30. The van der Waals surface area contributed by atoms with Crippen molar-refractivity contribution >= 4 is 0 Å². The quantitative estimate of drug-likeness (QED) is 0.808. The summed E-state index contributed by atoms with van der Waals surface area (Å²) in [5, 5.41) is 2.54. The maximum absolute atomic E-state index is 12.0. The first kappa shape index (κ1) is 13.8. The van der Waals surface area contributed by atoms with E-state index in [1.807, 2.05) is 6.92 Å². The highest BCUT2D eigenvalue weighted by Gasteiger charge is 2.28. The Morgan fingerprint density at radius 1 is 1.31 bits per heavy atom. The highest BCUT2D eigenvalue weighted by molar-refractivity contribution is 4.75. The lowest BCUT2D eigenvalue weighted by atomic mass is 9.91. The zero-order chi connectivity index (χ0) is 12.2. The van der Waals surface area contributed by atoms with Crippen LogP contribution in [-0.2, 0) is 0 Å². The molecule has 0 bridgehead atoms. The van der Waals surface area contributed by atoms with Crippen molar-refractivity contribution in [2.24, 2.45) is 5.92 Å². The number of nitrogens with zero attached hydrogens (tertiary/aromatic N) is 1. The predicted octanol–water partition coefficient (Wildman–Crippen LogP) is 2.26. The molecule has 1 N–H and O–H groups in total. The minimum atomic E-state index is -4.10. The van der Waals surface area contributed by atoms with Crippen LogP contribution in [0.25, 0.3) is 0 Å². The zero-order valence-electron chi connectivity index (χ0n) is 9.98. The lowest BCUT2D eigenvalue weighted by Crippen LogP contribution is -2.38. The molecular weight excluding hydrogens is 217 g/mol. The molecule has 0 radical (unpaired) electrons. The van der Waals surface area contributed by atoms with Gasteiger partial charge in [-0.05, 0) is 52.2 Å². The molecular formula is C11H21F3N2. The summed E-state index contributed by atoms with van der Waals surface area (Å²) in [6, 6.07) is -0.0463. The molecule has 1 heterocycles. The molecule has 0 aromatic heterocycles. The average molecular weight is 238 g/mol. The van der Waals surface area contributed by atoms with Crippen LogP contribution in [0.1, 0.15) is 26.2 Å². The van der Waals surface area contributed by atoms with Crippen molar-refractivity contribution < 1.29 is 13.2 Å². The van der Waals surface area contributed by atoms with Crippen LogP contribution in [0.15, 0.2) is 0 Å². The molecule has 5 heteroatoms. The topological polar surface area (TPSA) is 15.3 Å². The first-order valence-electron chi connectivity index (χ1n) is 5.85. The van der Waals surface area contributed by atoms with Gasteiger partial charge in [0.2, 0.25) is 0 Å². The number of hydrogen-bond donors (Lipinski definition) is 1. The fourth-order valence-electron chi connectivity index (χ4n) is 2.17.